The maximum absolute atomic E-state index is 11.9. The van der Waals surface area contributed by atoms with E-state index in [1.54, 1.807) is 0 Å². The van der Waals surface area contributed by atoms with Crippen LogP contribution in [0.3, 0.4) is 0 Å². The highest BCUT2D eigenvalue weighted by Gasteiger charge is 2.15. The van der Waals surface area contributed by atoms with Crippen molar-refractivity contribution in [2.24, 2.45) is 0 Å². The molecule has 0 radical (unpaired) electrons. The van der Waals surface area contributed by atoms with E-state index in [0.717, 1.165) is 25.9 Å². The maximum Gasteiger partial charge on any atom is 0.237 e. The van der Waals surface area contributed by atoms with E-state index in [4.69, 9.17) is 0 Å². The lowest BCUT2D eigenvalue weighted by molar-refractivity contribution is -0.123. The topological polar surface area (TPSA) is 44.4 Å². The molecule has 0 aromatic rings. The summed E-state index contributed by atoms with van der Waals surface area (Å²) in [5.74, 6) is 0.123. The van der Waals surface area contributed by atoms with Crippen LogP contribution in [-0.4, -0.2) is 49.1 Å². The van der Waals surface area contributed by atoms with E-state index in [0.29, 0.717) is 0 Å². The Balaban J connectivity index is 2.10. The molecule has 18 heavy (non-hydrogen) atoms. The van der Waals surface area contributed by atoms with Gasteiger partial charge in [-0.2, -0.15) is 0 Å². The van der Waals surface area contributed by atoms with Gasteiger partial charge in [-0.15, -0.1) is 0 Å². The molecular weight excluding hydrogens is 226 g/mol. The van der Waals surface area contributed by atoms with Crippen LogP contribution in [0.5, 0.6) is 0 Å². The van der Waals surface area contributed by atoms with E-state index in [2.05, 4.69) is 29.4 Å². The van der Waals surface area contributed by atoms with Crippen molar-refractivity contribution in [3.63, 3.8) is 0 Å². The Labute approximate surface area is 111 Å². The van der Waals surface area contributed by atoms with Crippen LogP contribution < -0.4 is 10.6 Å². The molecule has 4 heteroatoms. The Morgan fingerprint density at radius 2 is 1.94 bits per heavy atom. The number of hydrogen-bond donors (Lipinski definition) is 2. The minimum absolute atomic E-state index is 0.0908. The average Bonchev–Trinajstić information content (AvgIpc) is 2.82. The summed E-state index contributed by atoms with van der Waals surface area (Å²) >= 11 is 0. The second kappa shape index (κ2) is 8.48. The third-order valence-electron chi connectivity index (χ3n) is 3.58. The summed E-state index contributed by atoms with van der Waals surface area (Å²) in [4.78, 5) is 14.3. The lowest BCUT2D eigenvalue weighted by Gasteiger charge is -2.20. The van der Waals surface area contributed by atoms with Gasteiger partial charge in [0, 0.05) is 19.1 Å². The highest BCUT2D eigenvalue weighted by atomic mass is 16.2. The van der Waals surface area contributed by atoms with Crippen molar-refractivity contribution in [1.82, 2.24) is 15.5 Å². The van der Waals surface area contributed by atoms with Crippen molar-refractivity contribution in [2.75, 3.05) is 26.2 Å². The van der Waals surface area contributed by atoms with Gasteiger partial charge in [-0.3, -0.25) is 4.79 Å². The van der Waals surface area contributed by atoms with Crippen LogP contribution in [0.15, 0.2) is 0 Å². The van der Waals surface area contributed by atoms with Crippen molar-refractivity contribution < 1.29 is 4.79 Å². The van der Waals surface area contributed by atoms with Crippen LogP contribution in [-0.2, 0) is 4.79 Å². The molecule has 0 aliphatic carbocycles. The minimum Gasteiger partial charge on any atom is -0.352 e. The standard InChI is InChI=1S/C14H29N3O/c1-4-7-12(2)16-14(18)13(3)15-8-11-17-9-5-6-10-17/h12-13,15H,4-11H2,1-3H3,(H,16,18). The largest absolute Gasteiger partial charge is 0.352 e. The van der Waals surface area contributed by atoms with Crippen LogP contribution in [0.25, 0.3) is 0 Å². The number of amides is 1. The number of carbonyl (C=O) groups is 1. The SMILES string of the molecule is CCCC(C)NC(=O)C(C)NCCN1CCCC1. The van der Waals surface area contributed by atoms with Crippen molar-refractivity contribution in [3.05, 3.63) is 0 Å². The Morgan fingerprint density at radius 1 is 1.28 bits per heavy atom. The molecule has 1 rings (SSSR count). The molecule has 106 valence electrons. The molecule has 0 saturated carbocycles. The van der Waals surface area contributed by atoms with Crippen LogP contribution in [0, 0.1) is 0 Å². The molecule has 2 unspecified atom stereocenters. The Morgan fingerprint density at radius 3 is 2.56 bits per heavy atom. The summed E-state index contributed by atoms with van der Waals surface area (Å²) < 4.78 is 0. The molecule has 1 aliphatic heterocycles. The zero-order valence-corrected chi connectivity index (χ0v) is 12.2. The summed E-state index contributed by atoms with van der Waals surface area (Å²) in [6.07, 6.45) is 4.81. The fourth-order valence-corrected chi connectivity index (χ4v) is 2.41. The van der Waals surface area contributed by atoms with E-state index >= 15 is 0 Å². The molecule has 0 bridgehead atoms. The van der Waals surface area contributed by atoms with Crippen molar-refractivity contribution in [1.29, 1.82) is 0 Å². The van der Waals surface area contributed by atoms with Crippen molar-refractivity contribution in [2.45, 2.75) is 58.5 Å². The normalized spacial score (nSPS) is 19.7. The number of nitrogens with one attached hydrogen (secondary N) is 2. The molecule has 1 heterocycles. The van der Waals surface area contributed by atoms with E-state index in [1.807, 2.05) is 6.92 Å². The number of likely N-dealkylation sites (tertiary alicyclic amines) is 1. The average molecular weight is 255 g/mol. The number of nitrogens with zero attached hydrogens (tertiary/aromatic N) is 1. The summed E-state index contributed by atoms with van der Waals surface area (Å²) in [6, 6.07) is 0.192. The van der Waals surface area contributed by atoms with E-state index in [9.17, 15) is 4.79 Å². The summed E-state index contributed by atoms with van der Waals surface area (Å²) in [5, 5.41) is 6.35. The first kappa shape index (κ1) is 15.4. The van der Waals surface area contributed by atoms with Crippen molar-refractivity contribution in [3.8, 4) is 0 Å². The van der Waals surface area contributed by atoms with Gasteiger partial charge in [0.2, 0.25) is 5.91 Å². The van der Waals surface area contributed by atoms with Gasteiger partial charge in [-0.05, 0) is 46.2 Å². The zero-order valence-electron chi connectivity index (χ0n) is 12.2. The van der Waals surface area contributed by atoms with Crippen LogP contribution in [0.4, 0.5) is 0 Å². The predicted octanol–water partition coefficient (Wildman–Crippen LogP) is 1.37. The quantitative estimate of drug-likeness (QED) is 0.688. The van der Waals surface area contributed by atoms with Crippen LogP contribution in [0.2, 0.25) is 0 Å². The molecule has 2 atom stereocenters. The van der Waals surface area contributed by atoms with E-state index in [1.165, 1.54) is 25.9 Å². The molecule has 1 saturated heterocycles. The zero-order chi connectivity index (χ0) is 13.4. The van der Waals surface area contributed by atoms with Crippen molar-refractivity contribution >= 4 is 5.91 Å². The van der Waals surface area contributed by atoms with Gasteiger partial charge in [0.15, 0.2) is 0 Å². The van der Waals surface area contributed by atoms with Gasteiger partial charge in [-0.25, -0.2) is 0 Å². The number of rotatable bonds is 8. The molecule has 1 fully saturated rings. The van der Waals surface area contributed by atoms with Gasteiger partial charge in [0.25, 0.3) is 0 Å². The monoisotopic (exact) mass is 255 g/mol. The number of hydrogen-bond acceptors (Lipinski definition) is 3. The first-order valence-electron chi connectivity index (χ1n) is 7.39. The minimum atomic E-state index is -0.0908. The fraction of sp³-hybridized carbons (Fsp3) is 0.929. The van der Waals surface area contributed by atoms with Crippen LogP contribution >= 0.6 is 0 Å². The maximum atomic E-state index is 11.9. The Bertz CT molecular complexity index is 239. The summed E-state index contributed by atoms with van der Waals surface area (Å²) in [5.41, 5.74) is 0. The molecule has 0 spiro atoms. The molecule has 2 N–H and O–H groups in total. The summed E-state index contributed by atoms with van der Waals surface area (Å²) in [7, 11) is 0. The molecule has 1 aliphatic rings. The Hall–Kier alpha value is -0.610. The first-order chi connectivity index (χ1) is 8.63. The molecule has 4 nitrogen and oxygen atoms in total. The molecule has 0 aromatic heterocycles. The fourth-order valence-electron chi connectivity index (χ4n) is 2.41. The third kappa shape index (κ3) is 5.83. The highest BCUT2D eigenvalue weighted by Crippen LogP contribution is 2.05. The summed E-state index contributed by atoms with van der Waals surface area (Å²) in [6.45, 7) is 10.5. The van der Waals surface area contributed by atoms with Gasteiger partial charge in [0.1, 0.15) is 0 Å². The molecular formula is C14H29N3O. The first-order valence-corrected chi connectivity index (χ1v) is 7.39. The molecule has 0 aromatic carbocycles. The van der Waals surface area contributed by atoms with Gasteiger partial charge in [0.05, 0.1) is 6.04 Å². The third-order valence-corrected chi connectivity index (χ3v) is 3.58. The Kier molecular flexibility index (Phi) is 7.28. The van der Waals surface area contributed by atoms with Gasteiger partial charge >= 0.3 is 0 Å². The predicted molar refractivity (Wildman–Crippen MR) is 75.7 cm³/mol. The van der Waals surface area contributed by atoms with Crippen LogP contribution in [0.1, 0.15) is 46.5 Å². The smallest absolute Gasteiger partial charge is 0.237 e. The van der Waals surface area contributed by atoms with E-state index in [-0.39, 0.29) is 18.0 Å². The second-order valence-corrected chi connectivity index (χ2v) is 5.42. The van der Waals surface area contributed by atoms with Gasteiger partial charge in [-0.1, -0.05) is 13.3 Å². The highest BCUT2D eigenvalue weighted by molar-refractivity contribution is 5.81. The van der Waals surface area contributed by atoms with Gasteiger partial charge < -0.3 is 15.5 Å². The molecule has 1 amide bonds. The second-order valence-electron chi connectivity index (χ2n) is 5.42. The lowest BCUT2D eigenvalue weighted by Crippen LogP contribution is -2.47. The number of carbonyl (C=O) groups excluding carboxylic acids is 1. The lowest BCUT2D eigenvalue weighted by atomic mass is 10.2. The van der Waals surface area contributed by atoms with E-state index < -0.39 is 0 Å².